The minimum atomic E-state index is -0.169. The molecule has 2 N–H and O–H groups in total. The second-order valence-corrected chi connectivity index (χ2v) is 6.12. The van der Waals surface area contributed by atoms with Crippen molar-refractivity contribution in [3.63, 3.8) is 0 Å². The fourth-order valence-corrected chi connectivity index (χ4v) is 3.14. The van der Waals surface area contributed by atoms with Crippen LogP contribution in [0.2, 0.25) is 0 Å². The molecule has 1 saturated carbocycles. The Bertz CT molecular complexity index is 395. The predicted octanol–water partition coefficient (Wildman–Crippen LogP) is 4.21. The molecule has 0 aromatic heterocycles. The van der Waals surface area contributed by atoms with Crippen molar-refractivity contribution in [1.29, 1.82) is 0 Å². The Morgan fingerprint density at radius 2 is 1.89 bits per heavy atom. The molecular formula is C16H24FN. The summed E-state index contributed by atoms with van der Waals surface area (Å²) in [5.41, 5.74) is 8.26. The monoisotopic (exact) mass is 249 g/mol. The number of halogens is 1. The minimum absolute atomic E-state index is 0.0191. The average molecular weight is 249 g/mol. The molecule has 0 amide bonds. The molecule has 0 bridgehead atoms. The van der Waals surface area contributed by atoms with E-state index in [1.54, 1.807) is 12.1 Å². The molecule has 1 aromatic carbocycles. The zero-order valence-corrected chi connectivity index (χ0v) is 11.6. The Morgan fingerprint density at radius 3 is 2.50 bits per heavy atom. The summed E-state index contributed by atoms with van der Waals surface area (Å²) in [5, 5.41) is 0. The van der Waals surface area contributed by atoms with Crippen molar-refractivity contribution in [3.05, 3.63) is 35.1 Å². The first-order valence-corrected chi connectivity index (χ1v) is 7.00. The third-order valence-corrected chi connectivity index (χ3v) is 4.60. The molecule has 0 radical (unpaired) electrons. The fourth-order valence-electron chi connectivity index (χ4n) is 3.14. The number of benzene rings is 1. The van der Waals surface area contributed by atoms with Crippen LogP contribution in [-0.2, 0) is 0 Å². The van der Waals surface area contributed by atoms with Gasteiger partial charge in [-0.25, -0.2) is 4.39 Å². The van der Waals surface area contributed by atoms with Gasteiger partial charge in [-0.3, -0.25) is 0 Å². The molecule has 4 unspecified atom stereocenters. The number of hydrogen-bond acceptors (Lipinski definition) is 1. The molecule has 1 aliphatic rings. The SMILES string of the molecule is Cc1cc(F)cc(C(N)C2CCC(C)C(C)C2)c1. The Hall–Kier alpha value is -0.890. The molecule has 1 aromatic rings. The van der Waals surface area contributed by atoms with Crippen molar-refractivity contribution >= 4 is 0 Å². The van der Waals surface area contributed by atoms with Crippen LogP contribution in [0, 0.1) is 30.5 Å². The topological polar surface area (TPSA) is 26.0 Å². The van der Waals surface area contributed by atoms with Gasteiger partial charge in [0.2, 0.25) is 0 Å². The average Bonchev–Trinajstić information content (AvgIpc) is 2.30. The van der Waals surface area contributed by atoms with E-state index in [0.717, 1.165) is 29.4 Å². The maximum absolute atomic E-state index is 13.4. The highest BCUT2D eigenvalue weighted by Crippen LogP contribution is 2.39. The number of aryl methyl sites for hydroxylation is 1. The molecule has 0 spiro atoms. The van der Waals surface area contributed by atoms with E-state index in [2.05, 4.69) is 13.8 Å². The molecule has 4 atom stereocenters. The Morgan fingerprint density at radius 1 is 1.17 bits per heavy atom. The first-order valence-electron chi connectivity index (χ1n) is 7.00. The number of rotatable bonds is 2. The second-order valence-electron chi connectivity index (χ2n) is 6.12. The lowest BCUT2D eigenvalue weighted by Crippen LogP contribution is -2.29. The van der Waals surface area contributed by atoms with Gasteiger partial charge in [0.15, 0.2) is 0 Å². The molecule has 0 saturated heterocycles. The zero-order chi connectivity index (χ0) is 13.3. The van der Waals surface area contributed by atoms with Gasteiger partial charge in [-0.1, -0.05) is 26.3 Å². The van der Waals surface area contributed by atoms with E-state index < -0.39 is 0 Å². The van der Waals surface area contributed by atoms with Gasteiger partial charge >= 0.3 is 0 Å². The van der Waals surface area contributed by atoms with Crippen LogP contribution in [0.5, 0.6) is 0 Å². The summed E-state index contributed by atoms with van der Waals surface area (Å²) in [6.07, 6.45) is 3.58. The van der Waals surface area contributed by atoms with Crippen LogP contribution in [-0.4, -0.2) is 0 Å². The maximum Gasteiger partial charge on any atom is 0.123 e. The van der Waals surface area contributed by atoms with Crippen molar-refractivity contribution < 1.29 is 4.39 Å². The third-order valence-electron chi connectivity index (χ3n) is 4.60. The largest absolute Gasteiger partial charge is 0.324 e. The van der Waals surface area contributed by atoms with Crippen molar-refractivity contribution in [3.8, 4) is 0 Å². The van der Waals surface area contributed by atoms with E-state index in [1.165, 1.54) is 12.8 Å². The van der Waals surface area contributed by atoms with Crippen LogP contribution >= 0.6 is 0 Å². The maximum atomic E-state index is 13.4. The number of hydrogen-bond donors (Lipinski definition) is 1. The van der Waals surface area contributed by atoms with Gasteiger partial charge in [0.25, 0.3) is 0 Å². The summed E-state index contributed by atoms with van der Waals surface area (Å²) in [6, 6.07) is 5.16. The van der Waals surface area contributed by atoms with Crippen LogP contribution in [0.25, 0.3) is 0 Å². The fraction of sp³-hybridized carbons (Fsp3) is 0.625. The smallest absolute Gasteiger partial charge is 0.123 e. The molecule has 100 valence electrons. The van der Waals surface area contributed by atoms with Gasteiger partial charge in [0.05, 0.1) is 0 Å². The second kappa shape index (κ2) is 5.40. The lowest BCUT2D eigenvalue weighted by atomic mass is 9.72. The minimum Gasteiger partial charge on any atom is -0.324 e. The van der Waals surface area contributed by atoms with Gasteiger partial charge in [-0.2, -0.15) is 0 Å². The normalized spacial score (nSPS) is 30.2. The molecule has 2 rings (SSSR count). The highest BCUT2D eigenvalue weighted by Gasteiger charge is 2.29. The van der Waals surface area contributed by atoms with E-state index in [9.17, 15) is 4.39 Å². The predicted molar refractivity (Wildman–Crippen MR) is 73.7 cm³/mol. The van der Waals surface area contributed by atoms with Gasteiger partial charge in [0, 0.05) is 6.04 Å². The van der Waals surface area contributed by atoms with E-state index in [-0.39, 0.29) is 11.9 Å². The van der Waals surface area contributed by atoms with Gasteiger partial charge in [-0.05, 0) is 60.8 Å². The first kappa shape index (κ1) is 13.5. The number of nitrogens with two attached hydrogens (primary N) is 1. The van der Waals surface area contributed by atoms with Crippen LogP contribution in [0.15, 0.2) is 18.2 Å². The lowest BCUT2D eigenvalue weighted by molar-refractivity contribution is 0.186. The van der Waals surface area contributed by atoms with E-state index in [1.807, 2.05) is 13.0 Å². The molecule has 1 fully saturated rings. The van der Waals surface area contributed by atoms with Crippen molar-refractivity contribution in [2.75, 3.05) is 0 Å². The summed E-state index contributed by atoms with van der Waals surface area (Å²) in [5.74, 6) is 1.85. The molecule has 0 heterocycles. The Balaban J connectivity index is 2.13. The standard InChI is InChI=1S/C16H24FN/c1-10-6-14(9-15(17)7-10)16(18)13-5-4-11(2)12(3)8-13/h6-7,9,11-13,16H,4-5,8,18H2,1-3H3. The van der Waals surface area contributed by atoms with Crippen molar-refractivity contribution in [2.24, 2.45) is 23.5 Å². The highest BCUT2D eigenvalue weighted by atomic mass is 19.1. The van der Waals surface area contributed by atoms with Crippen LogP contribution in [0.1, 0.15) is 50.3 Å². The van der Waals surface area contributed by atoms with Crippen LogP contribution in [0.3, 0.4) is 0 Å². The summed E-state index contributed by atoms with van der Waals surface area (Å²) < 4.78 is 13.4. The van der Waals surface area contributed by atoms with Crippen molar-refractivity contribution in [1.82, 2.24) is 0 Å². The highest BCUT2D eigenvalue weighted by molar-refractivity contribution is 5.26. The Kier molecular flexibility index (Phi) is 4.06. The van der Waals surface area contributed by atoms with Crippen LogP contribution in [0.4, 0.5) is 4.39 Å². The molecule has 2 heteroatoms. The molecule has 0 aliphatic heterocycles. The first-order chi connectivity index (χ1) is 8.47. The summed E-state index contributed by atoms with van der Waals surface area (Å²) in [4.78, 5) is 0. The lowest BCUT2D eigenvalue weighted by Gasteiger charge is -2.35. The van der Waals surface area contributed by atoms with Gasteiger partial charge in [-0.15, -0.1) is 0 Å². The molecule has 1 aliphatic carbocycles. The van der Waals surface area contributed by atoms with E-state index in [0.29, 0.717) is 5.92 Å². The molecule has 18 heavy (non-hydrogen) atoms. The third kappa shape index (κ3) is 2.92. The van der Waals surface area contributed by atoms with Gasteiger partial charge in [0.1, 0.15) is 5.82 Å². The van der Waals surface area contributed by atoms with E-state index in [4.69, 9.17) is 5.73 Å². The molecular weight excluding hydrogens is 225 g/mol. The Labute approximate surface area is 110 Å². The van der Waals surface area contributed by atoms with Gasteiger partial charge < -0.3 is 5.73 Å². The summed E-state index contributed by atoms with van der Waals surface area (Å²) in [6.45, 7) is 6.55. The zero-order valence-electron chi connectivity index (χ0n) is 11.6. The quantitative estimate of drug-likeness (QED) is 0.835. The van der Waals surface area contributed by atoms with E-state index >= 15 is 0 Å². The van der Waals surface area contributed by atoms with Crippen LogP contribution < -0.4 is 5.73 Å². The van der Waals surface area contributed by atoms with Crippen molar-refractivity contribution in [2.45, 2.75) is 46.1 Å². The summed E-state index contributed by atoms with van der Waals surface area (Å²) >= 11 is 0. The molecule has 1 nitrogen and oxygen atoms in total. The summed E-state index contributed by atoms with van der Waals surface area (Å²) in [7, 11) is 0.